The maximum atomic E-state index is 13.4. The summed E-state index contributed by atoms with van der Waals surface area (Å²) in [5.74, 6) is -1.63. The lowest BCUT2D eigenvalue weighted by molar-refractivity contribution is 0.515. The van der Waals surface area contributed by atoms with E-state index in [4.69, 9.17) is 0 Å². The zero-order chi connectivity index (χ0) is 11.0. The maximum absolute atomic E-state index is 13.4. The number of hydrogen-bond donors (Lipinski definition) is 0. The van der Waals surface area contributed by atoms with Crippen LogP contribution in [0.15, 0.2) is 18.5 Å². The number of benzene rings is 1. The summed E-state index contributed by atoms with van der Waals surface area (Å²) in [5, 5.41) is 0.575. The molecule has 0 spiro atoms. The van der Waals surface area contributed by atoms with Crippen molar-refractivity contribution < 1.29 is 8.78 Å². The van der Waals surface area contributed by atoms with Crippen LogP contribution in [0.3, 0.4) is 0 Å². The molecule has 0 N–H and O–H groups in total. The summed E-state index contributed by atoms with van der Waals surface area (Å²) in [6.07, 6.45) is 1.26. The average molecular weight is 208 g/mol. The van der Waals surface area contributed by atoms with E-state index >= 15 is 0 Å². The minimum absolute atomic E-state index is 0.0497. The zero-order valence-electron chi connectivity index (χ0n) is 8.46. The van der Waals surface area contributed by atoms with Crippen molar-refractivity contribution in [3.8, 4) is 0 Å². The first kappa shape index (κ1) is 9.96. The fourth-order valence-electron chi connectivity index (χ4n) is 1.55. The third-order valence-corrected chi connectivity index (χ3v) is 2.28. The van der Waals surface area contributed by atoms with E-state index < -0.39 is 11.6 Å². The Labute approximate surface area is 86.0 Å². The number of nitrogens with zero attached hydrogens (tertiary/aromatic N) is 2. The smallest absolute Gasteiger partial charge is 0.185 e. The summed E-state index contributed by atoms with van der Waals surface area (Å²) in [4.78, 5) is 7.84. The van der Waals surface area contributed by atoms with Crippen LogP contribution in [0.5, 0.6) is 0 Å². The van der Waals surface area contributed by atoms with Crippen LogP contribution in [0.2, 0.25) is 0 Å². The minimum atomic E-state index is -0.906. The molecule has 0 radical (unpaired) electrons. The van der Waals surface area contributed by atoms with Crippen LogP contribution in [-0.2, 0) is 0 Å². The van der Waals surface area contributed by atoms with E-state index in [1.165, 1.54) is 12.4 Å². The molecule has 1 aromatic carbocycles. The standard InChI is InChI=1S/C11H10F2N2/c1-6(2)10-7-3-4-8(12)9(13)11(7)15-5-14-10/h3-6H,1-2H3. The molecule has 0 amide bonds. The van der Waals surface area contributed by atoms with E-state index in [0.29, 0.717) is 5.39 Å². The lowest BCUT2D eigenvalue weighted by Gasteiger charge is -2.08. The van der Waals surface area contributed by atoms with Gasteiger partial charge in [-0.05, 0) is 18.1 Å². The van der Waals surface area contributed by atoms with Crippen molar-refractivity contribution in [3.63, 3.8) is 0 Å². The van der Waals surface area contributed by atoms with Gasteiger partial charge in [-0.1, -0.05) is 13.8 Å². The molecular formula is C11H10F2N2. The Morgan fingerprint density at radius 1 is 1.13 bits per heavy atom. The van der Waals surface area contributed by atoms with Crippen molar-refractivity contribution in [2.45, 2.75) is 19.8 Å². The van der Waals surface area contributed by atoms with Crippen LogP contribution in [0, 0.1) is 11.6 Å². The molecule has 78 valence electrons. The SMILES string of the molecule is CC(C)c1ncnc2c(F)c(F)ccc12. The van der Waals surface area contributed by atoms with Gasteiger partial charge in [0.15, 0.2) is 11.6 Å². The Kier molecular flexibility index (Phi) is 2.34. The Bertz CT molecular complexity index is 509. The molecule has 4 heteroatoms. The predicted octanol–water partition coefficient (Wildman–Crippen LogP) is 3.03. The van der Waals surface area contributed by atoms with Crippen LogP contribution < -0.4 is 0 Å². The van der Waals surface area contributed by atoms with E-state index in [1.54, 1.807) is 0 Å². The lowest BCUT2D eigenvalue weighted by Crippen LogP contribution is -1.98. The van der Waals surface area contributed by atoms with Gasteiger partial charge in [0, 0.05) is 5.39 Å². The van der Waals surface area contributed by atoms with Crippen LogP contribution in [0.1, 0.15) is 25.5 Å². The van der Waals surface area contributed by atoms with Gasteiger partial charge in [0.2, 0.25) is 0 Å². The normalized spacial score (nSPS) is 11.3. The fourth-order valence-corrected chi connectivity index (χ4v) is 1.55. The number of fused-ring (bicyclic) bond motifs is 1. The van der Waals surface area contributed by atoms with Crippen LogP contribution >= 0.6 is 0 Å². The fraction of sp³-hybridized carbons (Fsp3) is 0.273. The van der Waals surface area contributed by atoms with Crippen LogP contribution in [0.4, 0.5) is 8.78 Å². The second kappa shape index (κ2) is 3.53. The van der Waals surface area contributed by atoms with Gasteiger partial charge in [0.05, 0.1) is 5.69 Å². The van der Waals surface area contributed by atoms with E-state index in [-0.39, 0.29) is 11.4 Å². The molecule has 2 nitrogen and oxygen atoms in total. The minimum Gasteiger partial charge on any atom is -0.240 e. The highest BCUT2D eigenvalue weighted by molar-refractivity contribution is 5.81. The molecule has 0 aliphatic heterocycles. The van der Waals surface area contributed by atoms with Crippen molar-refractivity contribution in [1.29, 1.82) is 0 Å². The lowest BCUT2D eigenvalue weighted by atomic mass is 10.0. The number of halogens is 2. The van der Waals surface area contributed by atoms with Crippen molar-refractivity contribution in [3.05, 3.63) is 35.8 Å². The molecule has 15 heavy (non-hydrogen) atoms. The van der Waals surface area contributed by atoms with Crippen molar-refractivity contribution in [2.75, 3.05) is 0 Å². The molecule has 0 unspecified atom stereocenters. The molecule has 0 aliphatic rings. The molecule has 2 rings (SSSR count). The van der Waals surface area contributed by atoms with E-state index in [2.05, 4.69) is 9.97 Å². The second-order valence-corrected chi connectivity index (χ2v) is 3.67. The Morgan fingerprint density at radius 3 is 2.53 bits per heavy atom. The first-order valence-corrected chi connectivity index (χ1v) is 4.70. The highest BCUT2D eigenvalue weighted by Crippen LogP contribution is 2.24. The molecule has 0 saturated heterocycles. The number of aromatic nitrogens is 2. The summed E-state index contributed by atoms with van der Waals surface area (Å²) in [7, 11) is 0. The van der Waals surface area contributed by atoms with Gasteiger partial charge in [0.25, 0.3) is 0 Å². The summed E-state index contributed by atoms with van der Waals surface area (Å²) >= 11 is 0. The zero-order valence-corrected chi connectivity index (χ0v) is 8.46. The highest BCUT2D eigenvalue weighted by atomic mass is 19.2. The van der Waals surface area contributed by atoms with Gasteiger partial charge in [-0.3, -0.25) is 0 Å². The molecule has 0 aliphatic carbocycles. The van der Waals surface area contributed by atoms with Crippen molar-refractivity contribution >= 4 is 10.9 Å². The Morgan fingerprint density at radius 2 is 1.87 bits per heavy atom. The van der Waals surface area contributed by atoms with E-state index in [0.717, 1.165) is 11.8 Å². The molecule has 1 heterocycles. The molecule has 1 aromatic heterocycles. The third kappa shape index (κ3) is 1.56. The Hall–Kier alpha value is -1.58. The quantitative estimate of drug-likeness (QED) is 0.719. The first-order chi connectivity index (χ1) is 7.11. The average Bonchev–Trinajstić information content (AvgIpc) is 2.23. The molecule has 2 aromatic rings. The van der Waals surface area contributed by atoms with Crippen LogP contribution in [0.25, 0.3) is 10.9 Å². The van der Waals surface area contributed by atoms with Gasteiger partial charge < -0.3 is 0 Å². The first-order valence-electron chi connectivity index (χ1n) is 4.70. The van der Waals surface area contributed by atoms with Gasteiger partial charge >= 0.3 is 0 Å². The topological polar surface area (TPSA) is 25.8 Å². The van der Waals surface area contributed by atoms with Gasteiger partial charge in [-0.2, -0.15) is 0 Å². The Balaban J connectivity index is 2.83. The third-order valence-electron chi connectivity index (χ3n) is 2.28. The van der Waals surface area contributed by atoms with Gasteiger partial charge in [-0.15, -0.1) is 0 Å². The highest BCUT2D eigenvalue weighted by Gasteiger charge is 2.13. The van der Waals surface area contributed by atoms with E-state index in [1.807, 2.05) is 13.8 Å². The van der Waals surface area contributed by atoms with E-state index in [9.17, 15) is 8.78 Å². The molecule has 0 bridgehead atoms. The summed E-state index contributed by atoms with van der Waals surface area (Å²) in [5.41, 5.74) is 0.785. The number of hydrogen-bond acceptors (Lipinski definition) is 2. The second-order valence-electron chi connectivity index (χ2n) is 3.67. The molecule has 0 atom stereocenters. The van der Waals surface area contributed by atoms with Crippen molar-refractivity contribution in [2.24, 2.45) is 0 Å². The summed E-state index contributed by atoms with van der Waals surface area (Å²) in [6, 6.07) is 2.62. The van der Waals surface area contributed by atoms with Gasteiger partial charge in [0.1, 0.15) is 11.8 Å². The summed E-state index contributed by atoms with van der Waals surface area (Å²) in [6.45, 7) is 3.89. The number of rotatable bonds is 1. The molecular weight excluding hydrogens is 198 g/mol. The monoisotopic (exact) mass is 208 g/mol. The summed E-state index contributed by atoms with van der Waals surface area (Å²) < 4.78 is 26.3. The largest absolute Gasteiger partial charge is 0.240 e. The van der Waals surface area contributed by atoms with Crippen LogP contribution in [-0.4, -0.2) is 9.97 Å². The van der Waals surface area contributed by atoms with Crippen molar-refractivity contribution in [1.82, 2.24) is 9.97 Å². The molecule has 0 fully saturated rings. The van der Waals surface area contributed by atoms with Gasteiger partial charge in [-0.25, -0.2) is 18.7 Å². The molecule has 0 saturated carbocycles. The maximum Gasteiger partial charge on any atom is 0.185 e. The predicted molar refractivity (Wildman–Crippen MR) is 53.5 cm³/mol.